The maximum absolute atomic E-state index is 11.8. The number of aromatic amines is 1. The molecule has 0 aliphatic heterocycles. The van der Waals surface area contributed by atoms with E-state index in [2.05, 4.69) is 14.7 Å². The molecule has 0 spiro atoms. The molecule has 0 fully saturated rings. The molecule has 0 bridgehead atoms. The van der Waals surface area contributed by atoms with Crippen molar-refractivity contribution in [2.24, 2.45) is 11.7 Å². The van der Waals surface area contributed by atoms with Crippen molar-refractivity contribution in [2.75, 3.05) is 13.1 Å². The SMILES string of the molecule is Cc1ncc(S(=O)(=O)NCCCC(C)CN)[nH]1. The van der Waals surface area contributed by atoms with Gasteiger partial charge in [-0.25, -0.2) is 18.1 Å². The Kier molecular flexibility index (Phi) is 5.10. The topological polar surface area (TPSA) is 101 Å². The van der Waals surface area contributed by atoms with Crippen molar-refractivity contribution in [3.63, 3.8) is 0 Å². The van der Waals surface area contributed by atoms with E-state index in [1.54, 1.807) is 6.92 Å². The smallest absolute Gasteiger partial charge is 0.257 e. The van der Waals surface area contributed by atoms with Gasteiger partial charge in [0.15, 0.2) is 5.03 Å². The lowest BCUT2D eigenvalue weighted by atomic mass is 10.1. The largest absolute Gasteiger partial charge is 0.332 e. The average Bonchev–Trinajstić information content (AvgIpc) is 2.71. The van der Waals surface area contributed by atoms with Crippen molar-refractivity contribution in [1.82, 2.24) is 14.7 Å². The Morgan fingerprint density at radius 3 is 2.82 bits per heavy atom. The van der Waals surface area contributed by atoms with Crippen LogP contribution in [0.4, 0.5) is 0 Å². The van der Waals surface area contributed by atoms with Gasteiger partial charge in [0.1, 0.15) is 5.82 Å². The second-order valence-corrected chi connectivity index (χ2v) is 5.95. The van der Waals surface area contributed by atoms with Crippen LogP contribution in [-0.4, -0.2) is 31.5 Å². The summed E-state index contributed by atoms with van der Waals surface area (Å²) in [7, 11) is -3.44. The van der Waals surface area contributed by atoms with Crippen LogP contribution in [0.15, 0.2) is 11.2 Å². The van der Waals surface area contributed by atoms with Crippen LogP contribution in [0.25, 0.3) is 0 Å². The lowest BCUT2D eigenvalue weighted by Crippen LogP contribution is -2.25. The molecule has 1 rings (SSSR count). The number of aromatic nitrogens is 2. The van der Waals surface area contributed by atoms with Gasteiger partial charge in [-0.05, 0) is 32.2 Å². The van der Waals surface area contributed by atoms with E-state index in [1.807, 2.05) is 6.92 Å². The summed E-state index contributed by atoms with van der Waals surface area (Å²) < 4.78 is 26.0. The second-order valence-electron chi connectivity index (χ2n) is 4.21. The van der Waals surface area contributed by atoms with Crippen molar-refractivity contribution in [2.45, 2.75) is 31.7 Å². The van der Waals surface area contributed by atoms with Gasteiger partial charge in [-0.3, -0.25) is 0 Å². The normalized spacial score (nSPS) is 13.8. The van der Waals surface area contributed by atoms with E-state index in [4.69, 9.17) is 5.73 Å². The summed E-state index contributed by atoms with van der Waals surface area (Å²) in [6, 6.07) is 0. The predicted octanol–water partition coefficient (Wildman–Crippen LogP) is 0.371. The van der Waals surface area contributed by atoms with Crippen LogP contribution in [0, 0.1) is 12.8 Å². The molecular weight excluding hydrogens is 240 g/mol. The zero-order chi connectivity index (χ0) is 12.9. The van der Waals surface area contributed by atoms with Gasteiger partial charge in [-0.15, -0.1) is 0 Å². The predicted molar refractivity (Wildman–Crippen MR) is 66.0 cm³/mol. The Bertz CT molecular complexity index is 441. The molecule has 17 heavy (non-hydrogen) atoms. The molecule has 1 aromatic heterocycles. The monoisotopic (exact) mass is 260 g/mol. The highest BCUT2D eigenvalue weighted by Gasteiger charge is 2.15. The minimum absolute atomic E-state index is 0.113. The molecule has 1 aromatic rings. The molecule has 0 saturated heterocycles. The summed E-state index contributed by atoms with van der Waals surface area (Å²) in [5, 5.41) is 0.113. The van der Waals surface area contributed by atoms with Gasteiger partial charge < -0.3 is 10.7 Å². The van der Waals surface area contributed by atoms with Crippen molar-refractivity contribution in [3.05, 3.63) is 12.0 Å². The number of hydrogen-bond donors (Lipinski definition) is 3. The van der Waals surface area contributed by atoms with Gasteiger partial charge in [0.05, 0.1) is 6.20 Å². The third kappa shape index (κ3) is 4.45. The Morgan fingerprint density at radius 1 is 1.59 bits per heavy atom. The van der Waals surface area contributed by atoms with Crippen molar-refractivity contribution in [3.8, 4) is 0 Å². The molecule has 1 unspecified atom stereocenters. The number of nitrogens with two attached hydrogens (primary N) is 1. The highest BCUT2D eigenvalue weighted by Crippen LogP contribution is 2.06. The maximum Gasteiger partial charge on any atom is 0.257 e. The molecule has 0 radical (unpaired) electrons. The van der Waals surface area contributed by atoms with E-state index < -0.39 is 10.0 Å². The van der Waals surface area contributed by atoms with E-state index in [9.17, 15) is 8.42 Å². The van der Waals surface area contributed by atoms with E-state index in [-0.39, 0.29) is 5.03 Å². The van der Waals surface area contributed by atoms with Crippen LogP contribution in [0.3, 0.4) is 0 Å². The summed E-state index contributed by atoms with van der Waals surface area (Å²) in [5.41, 5.74) is 5.48. The van der Waals surface area contributed by atoms with Crippen LogP contribution in [-0.2, 0) is 10.0 Å². The van der Waals surface area contributed by atoms with Gasteiger partial charge in [0, 0.05) is 6.54 Å². The third-order valence-corrected chi connectivity index (χ3v) is 3.91. The van der Waals surface area contributed by atoms with Gasteiger partial charge in [-0.2, -0.15) is 0 Å². The first-order valence-corrected chi connectivity index (χ1v) is 7.15. The third-order valence-electron chi connectivity index (χ3n) is 2.54. The number of H-pyrrole nitrogens is 1. The first kappa shape index (κ1) is 14.1. The molecule has 98 valence electrons. The standard InChI is InChI=1S/C10H20N4O2S/c1-8(6-11)4-3-5-13-17(15,16)10-7-12-9(2)14-10/h7-8,13H,3-6,11H2,1-2H3,(H,12,14). The lowest BCUT2D eigenvalue weighted by Gasteiger charge is -2.08. The molecular formula is C10H20N4O2S. The fraction of sp³-hybridized carbons (Fsp3) is 0.700. The van der Waals surface area contributed by atoms with Gasteiger partial charge >= 0.3 is 0 Å². The lowest BCUT2D eigenvalue weighted by molar-refractivity contribution is 0.513. The Hall–Kier alpha value is -0.920. The van der Waals surface area contributed by atoms with E-state index >= 15 is 0 Å². The van der Waals surface area contributed by atoms with Crippen LogP contribution >= 0.6 is 0 Å². The highest BCUT2D eigenvalue weighted by molar-refractivity contribution is 7.89. The van der Waals surface area contributed by atoms with Gasteiger partial charge in [0.25, 0.3) is 10.0 Å². The van der Waals surface area contributed by atoms with E-state index in [0.717, 1.165) is 12.8 Å². The average molecular weight is 260 g/mol. The molecule has 0 amide bonds. The first-order chi connectivity index (χ1) is 7.95. The quantitative estimate of drug-likeness (QED) is 0.616. The van der Waals surface area contributed by atoms with E-state index in [0.29, 0.717) is 24.8 Å². The molecule has 0 aliphatic carbocycles. The summed E-state index contributed by atoms with van der Waals surface area (Å²) >= 11 is 0. The van der Waals surface area contributed by atoms with Crippen LogP contribution in [0.5, 0.6) is 0 Å². The molecule has 1 atom stereocenters. The molecule has 7 heteroatoms. The number of hydrogen-bond acceptors (Lipinski definition) is 4. The molecule has 0 aromatic carbocycles. The minimum atomic E-state index is -3.44. The van der Waals surface area contributed by atoms with Crippen LogP contribution in [0.2, 0.25) is 0 Å². The number of aryl methyl sites for hydroxylation is 1. The summed E-state index contributed by atoms with van der Waals surface area (Å²) in [4.78, 5) is 6.56. The summed E-state index contributed by atoms with van der Waals surface area (Å²) in [5.74, 6) is 1.01. The molecule has 6 nitrogen and oxygen atoms in total. The zero-order valence-electron chi connectivity index (χ0n) is 10.2. The Balaban J connectivity index is 2.41. The summed E-state index contributed by atoms with van der Waals surface area (Å²) in [6.07, 6.45) is 3.02. The van der Waals surface area contributed by atoms with E-state index in [1.165, 1.54) is 6.20 Å². The molecule has 0 saturated carbocycles. The number of nitrogens with one attached hydrogen (secondary N) is 2. The maximum atomic E-state index is 11.8. The first-order valence-electron chi connectivity index (χ1n) is 5.67. The number of imidazole rings is 1. The highest BCUT2D eigenvalue weighted by atomic mass is 32.2. The fourth-order valence-corrected chi connectivity index (χ4v) is 2.43. The summed E-state index contributed by atoms with van der Waals surface area (Å²) in [6.45, 7) is 4.81. The minimum Gasteiger partial charge on any atom is -0.332 e. The zero-order valence-corrected chi connectivity index (χ0v) is 11.0. The van der Waals surface area contributed by atoms with Gasteiger partial charge in [-0.1, -0.05) is 6.92 Å². The van der Waals surface area contributed by atoms with Crippen molar-refractivity contribution >= 4 is 10.0 Å². The number of nitrogens with zero attached hydrogens (tertiary/aromatic N) is 1. The number of rotatable bonds is 7. The molecule has 4 N–H and O–H groups in total. The van der Waals surface area contributed by atoms with Crippen LogP contribution < -0.4 is 10.5 Å². The second kappa shape index (κ2) is 6.13. The molecule has 0 aliphatic rings. The fourth-order valence-electron chi connectivity index (χ4n) is 1.39. The number of sulfonamides is 1. The molecule has 1 heterocycles. The Labute approximate surface area is 102 Å². The van der Waals surface area contributed by atoms with Gasteiger partial charge in [0.2, 0.25) is 0 Å². The van der Waals surface area contributed by atoms with Crippen molar-refractivity contribution < 1.29 is 8.42 Å². The Morgan fingerprint density at radius 2 is 2.29 bits per heavy atom. The van der Waals surface area contributed by atoms with Crippen LogP contribution in [0.1, 0.15) is 25.6 Å². The van der Waals surface area contributed by atoms with Crippen molar-refractivity contribution in [1.29, 1.82) is 0 Å².